The molecule has 0 aliphatic carbocycles. The van der Waals surface area contributed by atoms with E-state index in [1.54, 1.807) is 27.7 Å². The van der Waals surface area contributed by atoms with E-state index in [1.807, 2.05) is 0 Å². The lowest BCUT2D eigenvalue weighted by Crippen LogP contribution is -2.42. The molecule has 1 aromatic carbocycles. The summed E-state index contributed by atoms with van der Waals surface area (Å²) in [4.78, 5) is 1.48. The van der Waals surface area contributed by atoms with Crippen LogP contribution in [0, 0.1) is 28.7 Å². The largest absolute Gasteiger partial charge is 0.352 e. The third kappa shape index (κ3) is 2.88. The predicted molar refractivity (Wildman–Crippen MR) is 65.2 cm³/mol. The number of benzene rings is 1. The molecular formula is C13H16F4N2. The highest BCUT2D eigenvalue weighted by atomic mass is 19.2. The van der Waals surface area contributed by atoms with Crippen LogP contribution < -0.4 is 0 Å². The number of amidine groups is 1. The van der Waals surface area contributed by atoms with Gasteiger partial charge in [-0.25, -0.2) is 17.6 Å². The van der Waals surface area contributed by atoms with Crippen LogP contribution in [0.2, 0.25) is 0 Å². The minimum atomic E-state index is -1.90. The molecule has 0 fully saturated rings. The van der Waals surface area contributed by atoms with Crippen molar-refractivity contribution in [3.05, 3.63) is 34.9 Å². The van der Waals surface area contributed by atoms with Crippen molar-refractivity contribution in [1.82, 2.24) is 4.90 Å². The number of rotatable bonds is 3. The van der Waals surface area contributed by atoms with E-state index in [1.165, 1.54) is 4.90 Å². The molecule has 0 radical (unpaired) electrons. The Morgan fingerprint density at radius 2 is 1.42 bits per heavy atom. The zero-order chi connectivity index (χ0) is 14.9. The average molecular weight is 276 g/mol. The minimum Gasteiger partial charge on any atom is -0.352 e. The molecule has 0 amide bonds. The number of hydrogen-bond acceptors (Lipinski definition) is 1. The molecule has 6 heteroatoms. The summed E-state index contributed by atoms with van der Waals surface area (Å²) in [5.74, 6) is -7.19. The lowest BCUT2D eigenvalue weighted by atomic mass is 10.1. The summed E-state index contributed by atoms with van der Waals surface area (Å²) in [5, 5.41) is 7.88. The second kappa shape index (κ2) is 5.59. The van der Waals surface area contributed by atoms with Gasteiger partial charge in [0, 0.05) is 12.1 Å². The second-order valence-electron chi connectivity index (χ2n) is 4.79. The molecular weight excluding hydrogens is 260 g/mol. The molecule has 2 nitrogen and oxygen atoms in total. The van der Waals surface area contributed by atoms with Crippen molar-refractivity contribution in [2.24, 2.45) is 0 Å². The number of hydrogen-bond donors (Lipinski definition) is 1. The second-order valence-corrected chi connectivity index (χ2v) is 4.79. The van der Waals surface area contributed by atoms with Gasteiger partial charge in [0.05, 0.1) is 5.56 Å². The Labute approximate surface area is 109 Å². The van der Waals surface area contributed by atoms with Crippen molar-refractivity contribution in [2.75, 3.05) is 0 Å². The molecule has 1 aromatic rings. The fourth-order valence-electron chi connectivity index (χ4n) is 2.00. The van der Waals surface area contributed by atoms with Crippen LogP contribution in [0.3, 0.4) is 0 Å². The van der Waals surface area contributed by atoms with Crippen molar-refractivity contribution >= 4 is 5.84 Å². The Bertz CT molecular complexity index is 490. The van der Waals surface area contributed by atoms with Gasteiger partial charge in [-0.1, -0.05) is 0 Å². The Balaban J connectivity index is 3.34. The molecule has 0 saturated heterocycles. The van der Waals surface area contributed by atoms with Crippen LogP contribution >= 0.6 is 0 Å². The van der Waals surface area contributed by atoms with Crippen LogP contribution in [0.4, 0.5) is 17.6 Å². The predicted octanol–water partition coefficient (Wildman–Crippen LogP) is 3.69. The maximum atomic E-state index is 13.6. The SMILES string of the molecule is CC(C)N(C(=N)c1cc(F)c(F)c(F)c1F)C(C)C. The van der Waals surface area contributed by atoms with E-state index < -0.39 is 28.8 Å². The van der Waals surface area contributed by atoms with Crippen molar-refractivity contribution in [3.63, 3.8) is 0 Å². The van der Waals surface area contributed by atoms with Gasteiger partial charge in [-0.15, -0.1) is 0 Å². The average Bonchev–Trinajstić information content (AvgIpc) is 2.30. The summed E-state index contributed by atoms with van der Waals surface area (Å²) < 4.78 is 52.8. The van der Waals surface area contributed by atoms with Gasteiger partial charge in [-0.2, -0.15) is 0 Å². The van der Waals surface area contributed by atoms with Crippen LogP contribution in [0.25, 0.3) is 0 Å². The van der Waals surface area contributed by atoms with Crippen LogP contribution in [0.5, 0.6) is 0 Å². The highest BCUT2D eigenvalue weighted by Crippen LogP contribution is 2.21. The first-order valence-electron chi connectivity index (χ1n) is 5.88. The molecule has 0 atom stereocenters. The summed E-state index contributed by atoms with van der Waals surface area (Å²) in [6, 6.07) is 0.180. The molecule has 0 saturated carbocycles. The molecule has 0 aliphatic rings. The normalized spacial score (nSPS) is 11.3. The van der Waals surface area contributed by atoms with Gasteiger partial charge < -0.3 is 4.90 Å². The van der Waals surface area contributed by atoms with E-state index in [0.717, 1.165) is 0 Å². The third-order valence-corrected chi connectivity index (χ3v) is 2.73. The van der Waals surface area contributed by atoms with E-state index in [2.05, 4.69) is 0 Å². The Morgan fingerprint density at radius 3 is 1.84 bits per heavy atom. The van der Waals surface area contributed by atoms with Gasteiger partial charge in [-0.3, -0.25) is 5.41 Å². The topological polar surface area (TPSA) is 27.1 Å². The summed E-state index contributed by atoms with van der Waals surface area (Å²) in [7, 11) is 0. The number of nitrogens with one attached hydrogen (secondary N) is 1. The zero-order valence-electron chi connectivity index (χ0n) is 11.2. The third-order valence-electron chi connectivity index (χ3n) is 2.73. The summed E-state index contributed by atoms with van der Waals surface area (Å²) in [5.41, 5.74) is -0.584. The van der Waals surface area contributed by atoms with E-state index in [9.17, 15) is 17.6 Å². The molecule has 0 unspecified atom stereocenters. The first kappa shape index (κ1) is 15.5. The van der Waals surface area contributed by atoms with Gasteiger partial charge in [-0.05, 0) is 33.8 Å². The Kier molecular flexibility index (Phi) is 4.55. The van der Waals surface area contributed by atoms with Crippen molar-refractivity contribution in [2.45, 2.75) is 39.8 Å². The van der Waals surface area contributed by atoms with Crippen molar-refractivity contribution < 1.29 is 17.6 Å². The van der Waals surface area contributed by atoms with E-state index in [4.69, 9.17) is 5.41 Å². The van der Waals surface area contributed by atoms with E-state index >= 15 is 0 Å². The van der Waals surface area contributed by atoms with Crippen molar-refractivity contribution in [3.8, 4) is 0 Å². The summed E-state index contributed by atoms with van der Waals surface area (Å²) in [6.07, 6.45) is 0. The molecule has 0 spiro atoms. The van der Waals surface area contributed by atoms with Crippen molar-refractivity contribution in [1.29, 1.82) is 5.41 Å². The molecule has 19 heavy (non-hydrogen) atoms. The highest BCUT2D eigenvalue weighted by molar-refractivity contribution is 5.97. The van der Waals surface area contributed by atoms with Crippen LogP contribution in [0.15, 0.2) is 6.07 Å². The molecule has 0 aromatic heterocycles. The van der Waals surface area contributed by atoms with Crippen LogP contribution in [-0.4, -0.2) is 22.8 Å². The Morgan fingerprint density at radius 1 is 0.947 bits per heavy atom. The van der Waals surface area contributed by atoms with E-state index in [0.29, 0.717) is 6.07 Å². The lowest BCUT2D eigenvalue weighted by Gasteiger charge is -2.33. The van der Waals surface area contributed by atoms with Gasteiger partial charge in [0.25, 0.3) is 0 Å². The van der Waals surface area contributed by atoms with Gasteiger partial charge in [0.1, 0.15) is 5.84 Å². The Hall–Kier alpha value is -1.59. The van der Waals surface area contributed by atoms with Crippen LogP contribution in [0.1, 0.15) is 33.3 Å². The molecule has 0 heterocycles. The maximum Gasteiger partial charge on any atom is 0.198 e. The molecule has 1 N–H and O–H groups in total. The fourth-order valence-corrected chi connectivity index (χ4v) is 2.00. The monoisotopic (exact) mass is 276 g/mol. The zero-order valence-corrected chi connectivity index (χ0v) is 11.2. The first-order valence-corrected chi connectivity index (χ1v) is 5.88. The number of halogens is 4. The summed E-state index contributed by atoms with van der Waals surface area (Å²) in [6.45, 7) is 7.07. The fraction of sp³-hybridized carbons (Fsp3) is 0.462. The smallest absolute Gasteiger partial charge is 0.198 e. The van der Waals surface area contributed by atoms with Gasteiger partial charge in [0.2, 0.25) is 0 Å². The standard InChI is InChI=1S/C13H16F4N2/c1-6(2)19(7(3)4)13(18)8-5-9(14)11(16)12(17)10(8)15/h5-7,18H,1-4H3. The van der Waals surface area contributed by atoms with E-state index in [-0.39, 0.29) is 17.9 Å². The molecule has 0 bridgehead atoms. The van der Waals surface area contributed by atoms with Gasteiger partial charge >= 0.3 is 0 Å². The molecule has 106 valence electrons. The highest BCUT2D eigenvalue weighted by Gasteiger charge is 2.26. The van der Waals surface area contributed by atoms with Crippen LogP contribution in [-0.2, 0) is 0 Å². The minimum absolute atomic E-state index is 0.164. The molecule has 0 aliphatic heterocycles. The maximum absolute atomic E-state index is 13.6. The lowest BCUT2D eigenvalue weighted by molar-refractivity contribution is 0.289. The number of nitrogens with zero attached hydrogens (tertiary/aromatic N) is 1. The quantitative estimate of drug-likeness (QED) is 0.294. The molecule has 1 rings (SSSR count). The van der Waals surface area contributed by atoms with Gasteiger partial charge in [0.15, 0.2) is 23.3 Å². The first-order chi connectivity index (χ1) is 8.68. The summed E-state index contributed by atoms with van der Waals surface area (Å²) >= 11 is 0.